The van der Waals surface area contributed by atoms with Crippen LogP contribution in [0, 0.1) is 0 Å². The normalized spacial score (nSPS) is 12.0. The van der Waals surface area contributed by atoms with Gasteiger partial charge in [0.05, 0.1) is 5.69 Å². The van der Waals surface area contributed by atoms with Gasteiger partial charge in [0.2, 0.25) is 0 Å². The van der Waals surface area contributed by atoms with Crippen LogP contribution in [0.3, 0.4) is 0 Å². The summed E-state index contributed by atoms with van der Waals surface area (Å²) in [6.45, 7) is 9.58. The summed E-state index contributed by atoms with van der Waals surface area (Å²) >= 11 is 0. The molecule has 0 spiro atoms. The monoisotopic (exact) mass is 343 g/mol. The van der Waals surface area contributed by atoms with Crippen LogP contribution in [0.15, 0.2) is 49.2 Å². The van der Waals surface area contributed by atoms with Crippen molar-refractivity contribution in [2.75, 3.05) is 6.16 Å². The molecule has 3 heteroatoms. The van der Waals surface area contributed by atoms with Crippen LogP contribution in [0.2, 0.25) is 0 Å². The Kier molecular flexibility index (Phi) is 6.69. The van der Waals surface area contributed by atoms with Gasteiger partial charge in [-0.3, -0.25) is 4.98 Å². The second-order valence-electron chi connectivity index (χ2n) is 6.59. The predicted molar refractivity (Wildman–Crippen MR) is 106 cm³/mol. The van der Waals surface area contributed by atoms with Crippen LogP contribution in [0.25, 0.3) is 16.6 Å². The van der Waals surface area contributed by atoms with E-state index >= 15 is 0 Å². The number of halogens is 1. The minimum Gasteiger partial charge on any atom is -0.256 e. The number of aromatic nitrogens is 1. The van der Waals surface area contributed by atoms with Gasteiger partial charge in [-0.1, -0.05) is 59.2 Å². The third-order valence-corrected chi connectivity index (χ3v) is 5.41. The molecule has 0 amide bonds. The molecule has 0 N–H and O–H groups in total. The number of rotatable bonds is 8. The number of hydrogen-bond acceptors (Lipinski definition) is 1. The van der Waals surface area contributed by atoms with Crippen molar-refractivity contribution in [1.82, 2.24) is 4.98 Å². The van der Waals surface area contributed by atoms with Crippen molar-refractivity contribution >= 4 is 13.9 Å². The summed E-state index contributed by atoms with van der Waals surface area (Å²) in [5.74, 6) is 0. The summed E-state index contributed by atoms with van der Waals surface area (Å²) < 4.78 is 14.1. The molecule has 0 aliphatic carbocycles. The molecule has 0 bridgehead atoms. The van der Waals surface area contributed by atoms with Gasteiger partial charge in [0.1, 0.15) is 5.67 Å². The highest BCUT2D eigenvalue weighted by atomic mass is 31.1. The van der Waals surface area contributed by atoms with Gasteiger partial charge in [-0.2, -0.15) is 0 Å². The Bertz CT molecular complexity index is 671. The van der Waals surface area contributed by atoms with Crippen molar-refractivity contribution in [3.05, 3.63) is 60.3 Å². The lowest BCUT2D eigenvalue weighted by atomic mass is 9.99. The molecule has 1 aromatic carbocycles. The molecule has 2 rings (SSSR count). The lowest BCUT2D eigenvalue weighted by Crippen LogP contribution is -2.09. The highest BCUT2D eigenvalue weighted by Gasteiger charge is 2.19. The van der Waals surface area contributed by atoms with Gasteiger partial charge in [0.25, 0.3) is 0 Å². The first-order valence-corrected chi connectivity index (χ1v) is 9.81. The quantitative estimate of drug-likeness (QED) is 0.380. The minimum atomic E-state index is -1.36. The Morgan fingerprint density at radius 1 is 1.17 bits per heavy atom. The topological polar surface area (TPSA) is 12.9 Å². The molecule has 24 heavy (non-hydrogen) atoms. The Labute approximate surface area is 147 Å². The van der Waals surface area contributed by atoms with E-state index in [4.69, 9.17) is 0 Å². The summed E-state index contributed by atoms with van der Waals surface area (Å²) in [5.41, 5.74) is 2.30. The van der Waals surface area contributed by atoms with Crippen LogP contribution in [-0.2, 0) is 5.67 Å². The molecule has 1 heterocycles. The van der Waals surface area contributed by atoms with E-state index < -0.39 is 5.67 Å². The number of unbranched alkanes of at least 4 members (excludes halogenated alkanes) is 2. The zero-order chi connectivity index (χ0) is 17.6. The summed E-state index contributed by atoms with van der Waals surface area (Å²) in [7, 11) is 0.787. The van der Waals surface area contributed by atoms with Crippen molar-refractivity contribution in [3.8, 4) is 11.3 Å². The molecule has 0 saturated carbocycles. The molecule has 0 saturated heterocycles. The van der Waals surface area contributed by atoms with Gasteiger partial charge < -0.3 is 0 Å². The van der Waals surface area contributed by atoms with E-state index in [0.29, 0.717) is 5.56 Å². The fourth-order valence-corrected chi connectivity index (χ4v) is 3.62. The summed E-state index contributed by atoms with van der Waals surface area (Å²) in [5, 5.41) is 1.21. The van der Waals surface area contributed by atoms with Crippen LogP contribution in [0.5, 0.6) is 0 Å². The summed E-state index contributed by atoms with van der Waals surface area (Å²) in [4.78, 5) is 4.38. The molecule has 0 fully saturated rings. The maximum Gasteiger partial charge on any atom is 0.130 e. The highest BCUT2D eigenvalue weighted by molar-refractivity contribution is 7.50. The Morgan fingerprint density at radius 3 is 2.50 bits per heavy atom. The Balaban J connectivity index is 2.08. The van der Waals surface area contributed by atoms with Gasteiger partial charge in [-0.25, -0.2) is 4.39 Å². The third kappa shape index (κ3) is 5.24. The number of hydrogen-bond donors (Lipinski definition) is 0. The van der Waals surface area contributed by atoms with Gasteiger partial charge >= 0.3 is 0 Å². The van der Waals surface area contributed by atoms with Crippen LogP contribution >= 0.6 is 8.58 Å². The maximum absolute atomic E-state index is 14.1. The van der Waals surface area contributed by atoms with Crippen molar-refractivity contribution in [1.29, 1.82) is 0 Å². The van der Waals surface area contributed by atoms with E-state index in [2.05, 4.69) is 30.6 Å². The maximum atomic E-state index is 14.1. The predicted octanol–water partition coefficient (Wildman–Crippen LogP) is 6.79. The molecule has 1 atom stereocenters. The smallest absolute Gasteiger partial charge is 0.130 e. The fraction of sp³-hybridized carbons (Fsp3) is 0.381. The second-order valence-corrected chi connectivity index (χ2v) is 8.05. The first-order chi connectivity index (χ1) is 11.4. The summed E-state index contributed by atoms with van der Waals surface area (Å²) in [6, 6.07) is 11.9. The average Bonchev–Trinajstić information content (AvgIpc) is 2.58. The Hall–Kier alpha value is -1.53. The van der Waals surface area contributed by atoms with Crippen molar-refractivity contribution in [2.24, 2.45) is 0 Å². The van der Waals surface area contributed by atoms with Gasteiger partial charge in [0.15, 0.2) is 0 Å². The van der Waals surface area contributed by atoms with E-state index in [1.807, 2.05) is 18.2 Å². The molecule has 0 aliphatic heterocycles. The largest absolute Gasteiger partial charge is 0.256 e. The first kappa shape index (κ1) is 18.8. The van der Waals surface area contributed by atoms with Crippen LogP contribution in [-0.4, -0.2) is 11.1 Å². The van der Waals surface area contributed by atoms with Crippen LogP contribution in [0.1, 0.15) is 51.2 Å². The number of alkyl halides is 1. The zero-order valence-electron chi connectivity index (χ0n) is 14.9. The second kappa shape index (κ2) is 8.53. The van der Waals surface area contributed by atoms with Crippen molar-refractivity contribution in [2.45, 2.75) is 45.7 Å². The number of benzene rings is 1. The minimum absolute atomic E-state index is 0.651. The van der Waals surface area contributed by atoms with E-state index in [0.717, 1.165) is 19.8 Å². The van der Waals surface area contributed by atoms with E-state index in [1.54, 1.807) is 26.1 Å². The van der Waals surface area contributed by atoms with Crippen molar-refractivity contribution < 1.29 is 4.39 Å². The number of nitrogens with zero attached hydrogens (tertiary/aromatic N) is 1. The number of pyridine rings is 1. The lowest BCUT2D eigenvalue weighted by molar-refractivity contribution is 0.221. The van der Waals surface area contributed by atoms with Crippen LogP contribution < -0.4 is 0 Å². The molecule has 1 aromatic heterocycles. The molecular weight excluding hydrogens is 316 g/mol. The Morgan fingerprint density at radius 2 is 1.88 bits per heavy atom. The third-order valence-electron chi connectivity index (χ3n) is 4.09. The zero-order valence-corrected chi connectivity index (χ0v) is 15.9. The average molecular weight is 343 g/mol. The molecular formula is C21H27FNP. The van der Waals surface area contributed by atoms with E-state index in [-0.39, 0.29) is 0 Å². The molecule has 128 valence electrons. The van der Waals surface area contributed by atoms with E-state index in [1.165, 1.54) is 36.3 Å². The first-order valence-electron chi connectivity index (χ1n) is 8.61. The van der Waals surface area contributed by atoms with Crippen molar-refractivity contribution in [3.63, 3.8) is 0 Å². The molecule has 2 aromatic rings. The molecule has 1 nitrogen and oxygen atoms in total. The molecule has 1 unspecified atom stereocenters. The standard InChI is InChI=1S/C21H27FNP/c1-5-6-7-14-24-16(2)17-8-10-18(11-9-17)20-15-19(12-13-23-20)21(3,4)22/h8-13,15,24H,2,5-7,14H2,1,3-4H3. The summed E-state index contributed by atoms with van der Waals surface area (Å²) in [6.07, 6.45) is 6.74. The van der Waals surface area contributed by atoms with Gasteiger partial charge in [-0.15, -0.1) is 0 Å². The lowest BCUT2D eigenvalue weighted by Gasteiger charge is -2.15. The van der Waals surface area contributed by atoms with Gasteiger partial charge in [-0.05, 0) is 55.0 Å². The fourth-order valence-electron chi connectivity index (χ4n) is 2.52. The highest BCUT2D eigenvalue weighted by Crippen LogP contribution is 2.34. The van der Waals surface area contributed by atoms with Gasteiger partial charge in [0, 0.05) is 11.8 Å². The molecule has 0 aliphatic rings. The molecule has 0 radical (unpaired) electrons. The van der Waals surface area contributed by atoms with E-state index in [9.17, 15) is 4.39 Å². The van der Waals surface area contributed by atoms with Crippen LogP contribution in [0.4, 0.5) is 4.39 Å². The SMILES string of the molecule is C=C(PCCCCC)c1ccc(-c2cc(C(C)(C)F)ccn2)cc1.